The number of nitrogens with zero attached hydrogens (tertiary/aromatic N) is 2. The highest BCUT2D eigenvalue weighted by molar-refractivity contribution is 6.03. The summed E-state index contributed by atoms with van der Waals surface area (Å²) in [6, 6.07) is 17.3. The van der Waals surface area contributed by atoms with E-state index in [1.807, 2.05) is 66.1 Å². The standard InChI is InChI=1S/C23H24N4O2/c1-16-8-7-9-17(14-16)15-24-22(28)20-19-12-5-6-13-27(19)21(26-20)23(29)25-18-10-3-2-4-11-18/h2-4,7-11,14H,5-6,12-13,15H2,1H3,(H,24,28)(H,25,29). The molecule has 0 spiro atoms. The van der Waals surface area contributed by atoms with Crippen LogP contribution in [0.25, 0.3) is 0 Å². The van der Waals surface area contributed by atoms with Gasteiger partial charge in [-0.25, -0.2) is 4.98 Å². The van der Waals surface area contributed by atoms with Crippen LogP contribution in [0.2, 0.25) is 0 Å². The minimum absolute atomic E-state index is 0.240. The number of carbonyl (C=O) groups is 2. The van der Waals surface area contributed by atoms with E-state index in [4.69, 9.17) is 0 Å². The van der Waals surface area contributed by atoms with Crippen molar-refractivity contribution in [1.82, 2.24) is 14.9 Å². The van der Waals surface area contributed by atoms with Gasteiger partial charge in [0.25, 0.3) is 11.8 Å². The van der Waals surface area contributed by atoms with Crippen LogP contribution in [0.1, 0.15) is 50.8 Å². The number of aryl methyl sites for hydroxylation is 1. The summed E-state index contributed by atoms with van der Waals surface area (Å²) in [6.45, 7) is 3.15. The molecule has 1 aliphatic heterocycles. The number of benzene rings is 2. The average molecular weight is 388 g/mol. The zero-order valence-corrected chi connectivity index (χ0v) is 16.4. The summed E-state index contributed by atoms with van der Waals surface area (Å²) < 4.78 is 1.89. The smallest absolute Gasteiger partial charge is 0.291 e. The first-order chi connectivity index (χ1) is 14.1. The van der Waals surface area contributed by atoms with E-state index in [1.165, 1.54) is 0 Å². The summed E-state index contributed by atoms with van der Waals surface area (Å²) >= 11 is 0. The monoisotopic (exact) mass is 388 g/mol. The molecule has 0 saturated heterocycles. The van der Waals surface area contributed by atoms with Gasteiger partial charge in [0.2, 0.25) is 0 Å². The topological polar surface area (TPSA) is 76.0 Å². The summed E-state index contributed by atoms with van der Waals surface area (Å²) in [4.78, 5) is 30.1. The van der Waals surface area contributed by atoms with E-state index >= 15 is 0 Å². The number of hydrogen-bond acceptors (Lipinski definition) is 3. The number of aromatic nitrogens is 2. The van der Waals surface area contributed by atoms with Gasteiger partial charge in [-0.3, -0.25) is 9.59 Å². The molecule has 29 heavy (non-hydrogen) atoms. The van der Waals surface area contributed by atoms with E-state index in [0.29, 0.717) is 30.3 Å². The van der Waals surface area contributed by atoms with E-state index < -0.39 is 0 Å². The van der Waals surface area contributed by atoms with Crippen LogP contribution in [0.4, 0.5) is 5.69 Å². The Bertz CT molecular complexity index is 1040. The molecule has 2 aromatic carbocycles. The van der Waals surface area contributed by atoms with Crippen molar-refractivity contribution in [1.29, 1.82) is 0 Å². The number of anilines is 1. The molecular formula is C23H24N4O2. The van der Waals surface area contributed by atoms with Gasteiger partial charge in [0.05, 0.1) is 5.69 Å². The number of nitrogens with one attached hydrogen (secondary N) is 2. The molecule has 0 aliphatic carbocycles. The number of fused-ring (bicyclic) bond motifs is 1. The number of para-hydroxylation sites is 1. The van der Waals surface area contributed by atoms with Crippen LogP contribution >= 0.6 is 0 Å². The quantitative estimate of drug-likeness (QED) is 0.700. The second-order valence-electron chi connectivity index (χ2n) is 7.33. The van der Waals surface area contributed by atoms with E-state index in [2.05, 4.69) is 15.6 Å². The van der Waals surface area contributed by atoms with Crippen molar-refractivity contribution in [2.45, 2.75) is 39.3 Å². The fraction of sp³-hybridized carbons (Fsp3) is 0.261. The summed E-state index contributed by atoms with van der Waals surface area (Å²) in [5.41, 5.74) is 4.09. The van der Waals surface area contributed by atoms with Gasteiger partial charge >= 0.3 is 0 Å². The highest BCUT2D eigenvalue weighted by atomic mass is 16.2. The average Bonchev–Trinajstić information content (AvgIpc) is 3.13. The zero-order chi connectivity index (χ0) is 20.2. The third-order valence-electron chi connectivity index (χ3n) is 5.10. The lowest BCUT2D eigenvalue weighted by atomic mass is 10.1. The van der Waals surface area contributed by atoms with Gasteiger partial charge < -0.3 is 15.2 Å². The molecule has 6 nitrogen and oxygen atoms in total. The molecule has 0 saturated carbocycles. The molecule has 3 aromatic rings. The molecule has 2 heterocycles. The summed E-state index contributed by atoms with van der Waals surface area (Å²) in [5.74, 6) is -0.239. The lowest BCUT2D eigenvalue weighted by Gasteiger charge is -2.17. The molecule has 1 aliphatic rings. The van der Waals surface area contributed by atoms with Gasteiger partial charge in [-0.05, 0) is 43.9 Å². The Balaban J connectivity index is 1.55. The van der Waals surface area contributed by atoms with E-state index in [-0.39, 0.29) is 11.8 Å². The lowest BCUT2D eigenvalue weighted by molar-refractivity contribution is 0.0945. The van der Waals surface area contributed by atoms with Gasteiger partial charge in [-0.1, -0.05) is 48.0 Å². The van der Waals surface area contributed by atoms with E-state index in [1.54, 1.807) is 0 Å². The van der Waals surface area contributed by atoms with Crippen molar-refractivity contribution in [3.63, 3.8) is 0 Å². The van der Waals surface area contributed by atoms with E-state index in [0.717, 1.165) is 36.1 Å². The first kappa shape index (κ1) is 18.9. The van der Waals surface area contributed by atoms with E-state index in [9.17, 15) is 9.59 Å². The Kier molecular flexibility index (Phi) is 5.42. The Labute approximate surface area is 170 Å². The predicted molar refractivity (Wildman–Crippen MR) is 112 cm³/mol. The number of hydrogen-bond donors (Lipinski definition) is 2. The molecule has 1 aromatic heterocycles. The minimum Gasteiger partial charge on any atom is -0.347 e. The van der Waals surface area contributed by atoms with Gasteiger partial charge in [0.1, 0.15) is 5.69 Å². The molecule has 6 heteroatoms. The Morgan fingerprint density at radius 2 is 1.86 bits per heavy atom. The van der Waals surface area contributed by atoms with Crippen molar-refractivity contribution in [3.05, 3.63) is 82.9 Å². The first-order valence-electron chi connectivity index (χ1n) is 9.91. The normalized spacial score (nSPS) is 12.9. The second kappa shape index (κ2) is 8.31. The van der Waals surface area contributed by atoms with Crippen LogP contribution in [-0.2, 0) is 19.5 Å². The highest BCUT2D eigenvalue weighted by Crippen LogP contribution is 2.22. The molecule has 0 bridgehead atoms. The van der Waals surface area contributed by atoms with Crippen molar-refractivity contribution < 1.29 is 9.59 Å². The van der Waals surface area contributed by atoms with Crippen LogP contribution in [0.15, 0.2) is 54.6 Å². The van der Waals surface area contributed by atoms with Crippen molar-refractivity contribution in [2.75, 3.05) is 5.32 Å². The summed E-state index contributed by atoms with van der Waals surface area (Å²) in [5, 5.41) is 5.82. The molecule has 0 fully saturated rings. The summed E-state index contributed by atoms with van der Waals surface area (Å²) in [6.07, 6.45) is 2.71. The Morgan fingerprint density at radius 3 is 2.66 bits per heavy atom. The molecule has 148 valence electrons. The number of amides is 2. The van der Waals surface area contributed by atoms with Crippen LogP contribution in [0.5, 0.6) is 0 Å². The van der Waals surface area contributed by atoms with Crippen LogP contribution < -0.4 is 10.6 Å². The zero-order valence-electron chi connectivity index (χ0n) is 16.4. The lowest BCUT2D eigenvalue weighted by Crippen LogP contribution is -2.25. The van der Waals surface area contributed by atoms with Gasteiger partial charge in [-0.2, -0.15) is 0 Å². The predicted octanol–water partition coefficient (Wildman–Crippen LogP) is 3.71. The Hall–Kier alpha value is -3.41. The first-order valence-corrected chi connectivity index (χ1v) is 9.91. The summed E-state index contributed by atoms with van der Waals surface area (Å²) in [7, 11) is 0. The molecule has 4 rings (SSSR count). The molecule has 0 unspecified atom stereocenters. The molecular weight excluding hydrogens is 364 g/mol. The largest absolute Gasteiger partial charge is 0.347 e. The van der Waals surface area contributed by atoms with Crippen LogP contribution in [-0.4, -0.2) is 21.4 Å². The second-order valence-corrected chi connectivity index (χ2v) is 7.33. The third kappa shape index (κ3) is 4.21. The van der Waals surface area contributed by atoms with Gasteiger partial charge in [-0.15, -0.1) is 0 Å². The Morgan fingerprint density at radius 1 is 1.03 bits per heavy atom. The van der Waals surface area contributed by atoms with Gasteiger partial charge in [0, 0.05) is 18.8 Å². The number of rotatable bonds is 5. The highest BCUT2D eigenvalue weighted by Gasteiger charge is 2.27. The van der Waals surface area contributed by atoms with Gasteiger partial charge in [0.15, 0.2) is 5.82 Å². The third-order valence-corrected chi connectivity index (χ3v) is 5.10. The van der Waals surface area contributed by atoms with Crippen molar-refractivity contribution >= 4 is 17.5 Å². The molecule has 0 radical (unpaired) electrons. The fourth-order valence-electron chi connectivity index (χ4n) is 3.69. The molecule has 2 amide bonds. The van der Waals surface area contributed by atoms with Crippen molar-refractivity contribution in [3.8, 4) is 0 Å². The van der Waals surface area contributed by atoms with Crippen LogP contribution in [0, 0.1) is 6.92 Å². The maximum atomic E-state index is 12.9. The van der Waals surface area contributed by atoms with Crippen LogP contribution in [0.3, 0.4) is 0 Å². The fourth-order valence-corrected chi connectivity index (χ4v) is 3.69. The number of carbonyl (C=O) groups excluding carboxylic acids is 2. The SMILES string of the molecule is Cc1cccc(CNC(=O)c2nc(C(=O)Nc3ccccc3)n3c2CCCC3)c1. The maximum Gasteiger partial charge on any atom is 0.291 e. The molecule has 2 N–H and O–H groups in total. The maximum absolute atomic E-state index is 12.9. The van der Waals surface area contributed by atoms with Crippen molar-refractivity contribution in [2.24, 2.45) is 0 Å². The number of imidazole rings is 1. The molecule has 0 atom stereocenters. The minimum atomic E-state index is -0.294.